The molecule has 1 saturated carbocycles. The summed E-state index contributed by atoms with van der Waals surface area (Å²) in [7, 11) is -0.932. The van der Waals surface area contributed by atoms with Crippen LogP contribution in [-0.4, -0.2) is 19.8 Å². The first-order chi connectivity index (χ1) is 5.48. The molecule has 0 bridgehead atoms. The predicted octanol–water partition coefficient (Wildman–Crippen LogP) is 2.51. The van der Waals surface area contributed by atoms with Crippen LogP contribution in [0.2, 0.25) is 25.2 Å². The molecule has 3 atom stereocenters. The first kappa shape index (κ1) is 10.0. The zero-order valence-electron chi connectivity index (χ0n) is 8.54. The number of aliphatic hydroxyl groups excluding tert-OH is 1. The molecule has 0 spiro atoms. The van der Waals surface area contributed by atoms with Crippen molar-refractivity contribution in [2.24, 2.45) is 11.8 Å². The van der Waals surface area contributed by atoms with Gasteiger partial charge in [0.1, 0.15) is 0 Å². The normalized spacial score (nSPS) is 35.9. The molecular formula is C10H20OSi. The van der Waals surface area contributed by atoms with Gasteiger partial charge in [-0.25, -0.2) is 0 Å². The average molecular weight is 184 g/mol. The van der Waals surface area contributed by atoms with E-state index in [0.29, 0.717) is 0 Å². The highest BCUT2D eigenvalue weighted by Crippen LogP contribution is 2.58. The number of aliphatic hydroxyl groups is 1. The van der Waals surface area contributed by atoms with Crippen LogP contribution in [0.4, 0.5) is 0 Å². The summed E-state index contributed by atoms with van der Waals surface area (Å²) < 4.78 is 0. The van der Waals surface area contributed by atoms with E-state index in [2.05, 4.69) is 32.6 Å². The van der Waals surface area contributed by atoms with E-state index in [1.54, 1.807) is 0 Å². The van der Waals surface area contributed by atoms with Gasteiger partial charge in [0.2, 0.25) is 0 Å². The molecule has 2 heteroatoms. The highest BCUT2D eigenvalue weighted by molar-refractivity contribution is 6.78. The van der Waals surface area contributed by atoms with Gasteiger partial charge in [-0.2, -0.15) is 0 Å². The third-order valence-corrected chi connectivity index (χ3v) is 5.82. The minimum Gasteiger partial charge on any atom is -0.392 e. The van der Waals surface area contributed by atoms with Gasteiger partial charge >= 0.3 is 0 Å². The molecule has 70 valence electrons. The summed E-state index contributed by atoms with van der Waals surface area (Å²) in [6.07, 6.45) is 4.09. The van der Waals surface area contributed by atoms with Crippen molar-refractivity contribution in [1.29, 1.82) is 0 Å². The minimum absolute atomic E-state index is 0.196. The maximum absolute atomic E-state index is 8.64. The van der Waals surface area contributed by atoms with Crippen LogP contribution in [-0.2, 0) is 0 Å². The van der Waals surface area contributed by atoms with Crippen molar-refractivity contribution >= 4 is 8.07 Å². The summed E-state index contributed by atoms with van der Waals surface area (Å²) in [6.45, 7) is 9.82. The van der Waals surface area contributed by atoms with Gasteiger partial charge in [-0.05, 0) is 17.4 Å². The number of hydrogen-bond donors (Lipinski definition) is 1. The number of allylic oxidation sites excluding steroid dienone is 1. The molecule has 0 aromatic rings. The summed E-state index contributed by atoms with van der Waals surface area (Å²) in [6, 6.07) is 0. The van der Waals surface area contributed by atoms with Crippen LogP contribution in [0.5, 0.6) is 0 Å². The lowest BCUT2D eigenvalue weighted by Gasteiger charge is -2.14. The van der Waals surface area contributed by atoms with Crippen LogP contribution >= 0.6 is 0 Å². The standard InChI is InChI=1S/C10H20OSi/c1-8-9(6-5-7-11)10(8)12(2,3)4/h5-6,8-11H,7H2,1-4H3/b6-5+. The zero-order chi connectivity index (χ0) is 9.35. The molecule has 0 saturated heterocycles. The molecule has 0 aliphatic heterocycles. The molecule has 0 amide bonds. The molecule has 1 aliphatic carbocycles. The summed E-state index contributed by atoms with van der Waals surface area (Å²) in [5.74, 6) is 1.63. The molecule has 1 fully saturated rings. The van der Waals surface area contributed by atoms with E-state index in [-0.39, 0.29) is 6.61 Å². The van der Waals surface area contributed by atoms with Gasteiger partial charge in [0, 0.05) is 8.07 Å². The quantitative estimate of drug-likeness (QED) is 0.528. The fourth-order valence-electron chi connectivity index (χ4n) is 2.37. The fraction of sp³-hybridized carbons (Fsp3) is 0.800. The Bertz CT molecular complexity index is 181. The van der Waals surface area contributed by atoms with E-state index >= 15 is 0 Å². The first-order valence-corrected chi connectivity index (χ1v) is 8.33. The van der Waals surface area contributed by atoms with Crippen molar-refractivity contribution < 1.29 is 5.11 Å². The lowest BCUT2D eigenvalue weighted by molar-refractivity contribution is 0.342. The summed E-state index contributed by atoms with van der Waals surface area (Å²) in [4.78, 5) is 0. The average Bonchev–Trinajstić information content (AvgIpc) is 2.56. The van der Waals surface area contributed by atoms with Gasteiger partial charge in [0.05, 0.1) is 6.61 Å². The molecule has 1 N–H and O–H groups in total. The third kappa shape index (κ3) is 1.99. The van der Waals surface area contributed by atoms with E-state index in [4.69, 9.17) is 5.11 Å². The minimum atomic E-state index is -0.932. The predicted molar refractivity (Wildman–Crippen MR) is 56.0 cm³/mol. The molecule has 3 unspecified atom stereocenters. The van der Waals surface area contributed by atoms with E-state index in [1.165, 1.54) is 0 Å². The summed E-state index contributed by atoms with van der Waals surface area (Å²) >= 11 is 0. The second-order valence-corrected chi connectivity index (χ2v) is 10.3. The zero-order valence-corrected chi connectivity index (χ0v) is 9.54. The lowest BCUT2D eigenvalue weighted by atomic mass is 10.3. The Hall–Kier alpha value is -0.0831. The Balaban J connectivity index is 2.48. The monoisotopic (exact) mass is 184 g/mol. The van der Waals surface area contributed by atoms with Crippen LogP contribution in [0, 0.1) is 11.8 Å². The summed E-state index contributed by atoms with van der Waals surface area (Å²) in [5.41, 5.74) is 0.945. The maximum Gasteiger partial charge on any atom is 0.0612 e. The Morgan fingerprint density at radius 3 is 2.25 bits per heavy atom. The van der Waals surface area contributed by atoms with Crippen molar-refractivity contribution in [3.05, 3.63) is 12.2 Å². The van der Waals surface area contributed by atoms with Gasteiger partial charge in [0.15, 0.2) is 0 Å². The van der Waals surface area contributed by atoms with Gasteiger partial charge in [-0.3, -0.25) is 0 Å². The maximum atomic E-state index is 8.64. The van der Waals surface area contributed by atoms with Crippen molar-refractivity contribution in [3.8, 4) is 0 Å². The van der Waals surface area contributed by atoms with E-state index in [1.807, 2.05) is 6.08 Å². The highest BCUT2D eigenvalue weighted by atomic mass is 28.3. The van der Waals surface area contributed by atoms with E-state index < -0.39 is 8.07 Å². The van der Waals surface area contributed by atoms with Crippen LogP contribution in [0.15, 0.2) is 12.2 Å². The SMILES string of the molecule is CC1C(/C=C/CO)C1[Si](C)(C)C. The van der Waals surface area contributed by atoms with E-state index in [9.17, 15) is 0 Å². The number of hydrogen-bond acceptors (Lipinski definition) is 1. The van der Waals surface area contributed by atoms with Crippen molar-refractivity contribution in [2.75, 3.05) is 6.61 Å². The second kappa shape index (κ2) is 3.34. The second-order valence-electron chi connectivity index (χ2n) is 4.94. The van der Waals surface area contributed by atoms with Gasteiger partial charge in [0.25, 0.3) is 0 Å². The summed E-state index contributed by atoms with van der Waals surface area (Å²) in [5, 5.41) is 8.64. The highest BCUT2D eigenvalue weighted by Gasteiger charge is 2.51. The molecule has 1 rings (SSSR count). The molecule has 0 radical (unpaired) electrons. The smallest absolute Gasteiger partial charge is 0.0612 e. The van der Waals surface area contributed by atoms with Gasteiger partial charge in [-0.15, -0.1) is 0 Å². The van der Waals surface area contributed by atoms with Crippen LogP contribution < -0.4 is 0 Å². The largest absolute Gasteiger partial charge is 0.392 e. The molecule has 12 heavy (non-hydrogen) atoms. The van der Waals surface area contributed by atoms with Crippen LogP contribution in [0.1, 0.15) is 6.92 Å². The topological polar surface area (TPSA) is 20.2 Å². The Labute approximate surface area is 76.5 Å². The Morgan fingerprint density at radius 2 is 1.92 bits per heavy atom. The van der Waals surface area contributed by atoms with Crippen molar-refractivity contribution in [2.45, 2.75) is 32.1 Å². The molecular weight excluding hydrogens is 164 g/mol. The Morgan fingerprint density at radius 1 is 1.33 bits per heavy atom. The van der Waals surface area contributed by atoms with Crippen molar-refractivity contribution in [1.82, 2.24) is 0 Å². The molecule has 0 aromatic heterocycles. The first-order valence-electron chi connectivity index (χ1n) is 4.76. The van der Waals surface area contributed by atoms with Crippen molar-refractivity contribution in [3.63, 3.8) is 0 Å². The van der Waals surface area contributed by atoms with Gasteiger partial charge in [-0.1, -0.05) is 38.7 Å². The molecule has 0 aromatic carbocycles. The lowest BCUT2D eigenvalue weighted by Crippen LogP contribution is -2.21. The fourth-order valence-corrected chi connectivity index (χ4v) is 5.63. The molecule has 1 aliphatic rings. The van der Waals surface area contributed by atoms with Crippen LogP contribution in [0.3, 0.4) is 0 Å². The molecule has 1 nitrogen and oxygen atoms in total. The van der Waals surface area contributed by atoms with Gasteiger partial charge < -0.3 is 5.11 Å². The number of rotatable bonds is 3. The Kier molecular flexibility index (Phi) is 2.79. The third-order valence-electron chi connectivity index (χ3n) is 2.91. The molecule has 0 heterocycles. The van der Waals surface area contributed by atoms with E-state index in [0.717, 1.165) is 17.4 Å². The van der Waals surface area contributed by atoms with Crippen LogP contribution in [0.25, 0.3) is 0 Å².